The van der Waals surface area contributed by atoms with Gasteiger partial charge in [0.1, 0.15) is 0 Å². The summed E-state index contributed by atoms with van der Waals surface area (Å²) in [5.74, 6) is 0.470. The third kappa shape index (κ3) is 10.7. The van der Waals surface area contributed by atoms with Crippen LogP contribution in [0, 0.1) is 11.3 Å². The van der Waals surface area contributed by atoms with E-state index in [2.05, 4.69) is 53.5 Å². The molecule has 3 nitrogen and oxygen atoms in total. The van der Waals surface area contributed by atoms with Crippen LogP contribution in [-0.2, 0) is 14.2 Å². The second kappa shape index (κ2) is 17.2. The van der Waals surface area contributed by atoms with Crippen LogP contribution in [0.1, 0.15) is 92.4 Å². The van der Waals surface area contributed by atoms with Gasteiger partial charge in [-0.2, -0.15) is 0 Å². The molecule has 1 rings (SSSR count). The summed E-state index contributed by atoms with van der Waals surface area (Å²) in [4.78, 5) is 0. The van der Waals surface area contributed by atoms with Crippen LogP contribution in [0.5, 0.6) is 0 Å². The van der Waals surface area contributed by atoms with Gasteiger partial charge in [0.05, 0.1) is 0 Å². The Morgan fingerprint density at radius 1 is 1.09 bits per heavy atom. The van der Waals surface area contributed by atoms with Crippen molar-refractivity contribution in [3.05, 3.63) is 12.7 Å². The van der Waals surface area contributed by atoms with Gasteiger partial charge in [0, 0.05) is 0 Å². The first-order valence-corrected chi connectivity index (χ1v) is 22.7. The van der Waals surface area contributed by atoms with Gasteiger partial charge in [-0.3, -0.25) is 0 Å². The van der Waals surface area contributed by atoms with Gasteiger partial charge in [-0.1, -0.05) is 0 Å². The van der Waals surface area contributed by atoms with Crippen LogP contribution < -0.4 is 0 Å². The molecule has 0 N–H and O–H groups in total. The van der Waals surface area contributed by atoms with Gasteiger partial charge in [0.2, 0.25) is 0 Å². The number of hydrogen-bond donors (Lipinski definition) is 0. The summed E-state index contributed by atoms with van der Waals surface area (Å²) in [6, 6.07) is 0. The van der Waals surface area contributed by atoms with Crippen molar-refractivity contribution < 1.29 is 14.2 Å². The SMILES string of the molecule is C=CCCC(CC(C)(C)C1OCCO1)[CH](OC(=S)SC)[Sn]([CH2]CCC)([CH2]CCC)[CH2]CCC. The molecule has 33 heavy (non-hydrogen) atoms. The Morgan fingerprint density at radius 3 is 2.03 bits per heavy atom. The number of hydrogen-bond acceptors (Lipinski definition) is 5. The van der Waals surface area contributed by atoms with Crippen molar-refractivity contribution in [3.63, 3.8) is 0 Å². The molecule has 0 bridgehead atoms. The molecule has 6 heteroatoms. The average molecular weight is 608 g/mol. The van der Waals surface area contributed by atoms with Gasteiger partial charge in [0.25, 0.3) is 0 Å². The molecule has 0 saturated carbocycles. The van der Waals surface area contributed by atoms with Crippen LogP contribution >= 0.6 is 24.0 Å². The van der Waals surface area contributed by atoms with Crippen LogP contribution in [0.25, 0.3) is 0 Å². The Morgan fingerprint density at radius 2 is 1.61 bits per heavy atom. The van der Waals surface area contributed by atoms with Gasteiger partial charge in [-0.15, -0.1) is 0 Å². The predicted molar refractivity (Wildman–Crippen MR) is 153 cm³/mol. The second-order valence-corrected chi connectivity index (χ2v) is 25.6. The van der Waals surface area contributed by atoms with Crippen molar-refractivity contribution in [1.29, 1.82) is 0 Å². The molecule has 0 spiro atoms. The maximum absolute atomic E-state index is 6.90. The average Bonchev–Trinajstić information content (AvgIpc) is 3.36. The summed E-state index contributed by atoms with van der Waals surface area (Å²) in [7, 11) is 0. The zero-order chi connectivity index (χ0) is 24.7. The van der Waals surface area contributed by atoms with Gasteiger partial charge >= 0.3 is 221 Å². The van der Waals surface area contributed by atoms with Crippen LogP contribution in [-0.4, -0.2) is 52.6 Å². The van der Waals surface area contributed by atoms with E-state index < -0.39 is 18.4 Å². The molecule has 2 unspecified atom stereocenters. The maximum atomic E-state index is 6.90. The molecule has 0 amide bonds. The topological polar surface area (TPSA) is 27.7 Å². The third-order valence-corrected chi connectivity index (χ3v) is 25.0. The molecule has 194 valence electrons. The first-order valence-electron chi connectivity index (χ1n) is 13.4. The zero-order valence-electron chi connectivity index (χ0n) is 22.5. The van der Waals surface area contributed by atoms with E-state index in [9.17, 15) is 0 Å². The van der Waals surface area contributed by atoms with E-state index in [1.165, 1.54) is 51.8 Å². The van der Waals surface area contributed by atoms with E-state index in [1.54, 1.807) is 11.8 Å². The number of thioether (sulfide) groups is 1. The molecular weight excluding hydrogens is 555 g/mol. The second-order valence-electron chi connectivity index (χ2n) is 10.6. The minimum absolute atomic E-state index is 0.0528. The predicted octanol–water partition coefficient (Wildman–Crippen LogP) is 8.78. The van der Waals surface area contributed by atoms with Crippen LogP contribution in [0.3, 0.4) is 0 Å². The normalized spacial score (nSPS) is 17.2. The molecule has 1 fully saturated rings. The van der Waals surface area contributed by atoms with Crippen molar-refractivity contribution in [2.75, 3.05) is 19.5 Å². The summed E-state index contributed by atoms with van der Waals surface area (Å²) in [5, 5.41) is 0. The van der Waals surface area contributed by atoms with Gasteiger partial charge < -0.3 is 0 Å². The first kappa shape index (κ1) is 31.7. The van der Waals surface area contributed by atoms with E-state index in [4.69, 9.17) is 26.4 Å². The van der Waals surface area contributed by atoms with E-state index in [0.29, 0.717) is 23.3 Å². The summed E-state index contributed by atoms with van der Waals surface area (Å²) in [5.41, 5.74) is -0.0528. The number of unbranched alkanes of at least 4 members (excludes halogenated alkanes) is 3. The molecule has 0 aliphatic carbocycles. The fraction of sp³-hybridized carbons (Fsp3) is 0.889. The quantitative estimate of drug-likeness (QED) is 0.0883. The van der Waals surface area contributed by atoms with Crippen molar-refractivity contribution in [2.45, 2.75) is 116 Å². The Hall–Kier alpha value is 0.699. The Balaban J connectivity index is 3.43. The summed E-state index contributed by atoms with van der Waals surface area (Å²) >= 11 is 4.58. The van der Waals surface area contributed by atoms with E-state index >= 15 is 0 Å². The number of allylic oxidation sites excluding steroid dienone is 1. The molecule has 0 aromatic heterocycles. The number of rotatable bonds is 18. The summed E-state index contributed by atoms with van der Waals surface area (Å²) in [6.45, 7) is 17.1. The molecular formula is C27H52O3S2Sn. The fourth-order valence-corrected chi connectivity index (χ4v) is 24.7. The van der Waals surface area contributed by atoms with Crippen molar-refractivity contribution in [3.8, 4) is 0 Å². The molecule has 1 aliphatic heterocycles. The first-order chi connectivity index (χ1) is 15.8. The third-order valence-electron chi connectivity index (χ3n) is 7.30. The molecule has 0 aromatic carbocycles. The minimum atomic E-state index is -2.74. The van der Waals surface area contributed by atoms with Crippen molar-refractivity contribution in [2.24, 2.45) is 11.3 Å². The van der Waals surface area contributed by atoms with Crippen molar-refractivity contribution >= 4 is 46.7 Å². The standard InChI is InChI=1S/C15H25O3S2.3C4H9.Sn/c1-5-6-7-12(11-18-14(19)20-4)10-15(2,3)13-16-8-9-17-13;3*1-3-4-2;/h5,11-13H,1,6-10H2,2-4H3;3*1,3-4H2,2H3;. The summed E-state index contributed by atoms with van der Waals surface area (Å²) in [6.07, 6.45) is 15.0. The molecule has 0 aromatic rings. The van der Waals surface area contributed by atoms with Gasteiger partial charge in [-0.05, 0) is 0 Å². The fourth-order valence-electron chi connectivity index (χ4n) is 5.54. The number of thiocarbonyl (C=S) groups is 1. The van der Waals surface area contributed by atoms with E-state index in [1.807, 2.05) is 0 Å². The zero-order valence-corrected chi connectivity index (χ0v) is 26.9. The van der Waals surface area contributed by atoms with Crippen LogP contribution in [0.15, 0.2) is 12.7 Å². The van der Waals surface area contributed by atoms with Crippen molar-refractivity contribution in [1.82, 2.24) is 0 Å². The summed E-state index contributed by atoms with van der Waals surface area (Å²) < 4.78 is 24.2. The Bertz CT molecular complexity index is 528. The van der Waals surface area contributed by atoms with Crippen LogP contribution in [0.4, 0.5) is 0 Å². The number of ether oxygens (including phenoxy) is 3. The van der Waals surface area contributed by atoms with Crippen LogP contribution in [0.2, 0.25) is 13.3 Å². The van der Waals surface area contributed by atoms with Gasteiger partial charge in [0.15, 0.2) is 0 Å². The van der Waals surface area contributed by atoms with E-state index in [-0.39, 0.29) is 11.7 Å². The molecule has 1 saturated heterocycles. The van der Waals surface area contributed by atoms with E-state index in [0.717, 1.165) is 23.6 Å². The Labute approximate surface area is 219 Å². The van der Waals surface area contributed by atoms with Gasteiger partial charge in [-0.25, -0.2) is 0 Å². The molecule has 1 heterocycles. The molecule has 1 aliphatic rings. The monoisotopic (exact) mass is 608 g/mol. The Kier molecular flexibility index (Phi) is 16.5. The molecule has 0 radical (unpaired) electrons. The molecule has 2 atom stereocenters.